The Balaban J connectivity index is 2.89. The molecule has 1 heterocycles. The Kier molecular flexibility index (Phi) is 2.90. The Morgan fingerprint density at radius 1 is 1.45 bits per heavy atom. The first-order chi connectivity index (χ1) is 5.22. The molecule has 6 heteroatoms. The van der Waals surface area contributed by atoms with Crippen LogP contribution >= 0.6 is 23.4 Å². The lowest BCUT2D eigenvalue weighted by atomic mass is 11.0. The normalized spacial score (nSPS) is 10.0. The Bertz CT molecular complexity index is 234. The lowest BCUT2D eigenvalue weighted by Crippen LogP contribution is -1.98. The van der Waals surface area contributed by atoms with Crippen LogP contribution in [0.4, 0.5) is 5.95 Å². The first-order valence-electron chi connectivity index (χ1n) is 3.02. The number of anilines is 1. The molecule has 0 fully saturated rings. The molecular formula is C5H7ClN4S. The van der Waals surface area contributed by atoms with Crippen LogP contribution in [0.5, 0.6) is 0 Å². The van der Waals surface area contributed by atoms with Crippen molar-refractivity contribution >= 4 is 29.3 Å². The molecule has 0 aliphatic carbocycles. The molecule has 11 heavy (non-hydrogen) atoms. The summed E-state index contributed by atoms with van der Waals surface area (Å²) < 4.78 is 0. The van der Waals surface area contributed by atoms with Gasteiger partial charge in [-0.15, -0.1) is 0 Å². The van der Waals surface area contributed by atoms with Crippen LogP contribution in [0.15, 0.2) is 5.16 Å². The molecule has 0 radical (unpaired) electrons. The van der Waals surface area contributed by atoms with E-state index in [1.807, 2.05) is 6.92 Å². The maximum Gasteiger partial charge on any atom is 0.228 e. The van der Waals surface area contributed by atoms with Gasteiger partial charge in [0.05, 0.1) is 0 Å². The van der Waals surface area contributed by atoms with Crippen molar-refractivity contribution in [3.63, 3.8) is 0 Å². The Morgan fingerprint density at radius 3 is 2.73 bits per heavy atom. The molecule has 1 aromatic rings. The minimum atomic E-state index is 0.147. The standard InChI is InChI=1S/C5H7ClN4S/c1-2-11-5-9-3(6)8-4(7)10-5/h2H2,1H3,(H2,7,8,9,10). The summed E-state index contributed by atoms with van der Waals surface area (Å²) in [6.07, 6.45) is 0. The second-order valence-electron chi connectivity index (χ2n) is 1.68. The van der Waals surface area contributed by atoms with Gasteiger partial charge in [-0.2, -0.15) is 15.0 Å². The highest BCUT2D eigenvalue weighted by Gasteiger charge is 2.00. The van der Waals surface area contributed by atoms with Crippen LogP contribution in [0.25, 0.3) is 0 Å². The molecule has 0 aliphatic rings. The fourth-order valence-corrected chi connectivity index (χ4v) is 1.32. The zero-order valence-corrected chi connectivity index (χ0v) is 7.48. The zero-order valence-electron chi connectivity index (χ0n) is 5.91. The van der Waals surface area contributed by atoms with Gasteiger partial charge in [0.2, 0.25) is 11.2 Å². The van der Waals surface area contributed by atoms with E-state index in [0.29, 0.717) is 5.16 Å². The van der Waals surface area contributed by atoms with Crippen molar-refractivity contribution in [1.29, 1.82) is 0 Å². The summed E-state index contributed by atoms with van der Waals surface area (Å²) in [6.45, 7) is 2.00. The van der Waals surface area contributed by atoms with E-state index in [1.54, 1.807) is 0 Å². The average Bonchev–Trinajstić information content (AvgIpc) is 1.85. The van der Waals surface area contributed by atoms with E-state index in [4.69, 9.17) is 17.3 Å². The summed E-state index contributed by atoms with van der Waals surface area (Å²) in [7, 11) is 0. The summed E-state index contributed by atoms with van der Waals surface area (Å²) in [5.74, 6) is 1.06. The Morgan fingerprint density at radius 2 is 2.18 bits per heavy atom. The van der Waals surface area contributed by atoms with Crippen LogP contribution < -0.4 is 5.73 Å². The average molecular weight is 191 g/mol. The van der Waals surface area contributed by atoms with Gasteiger partial charge < -0.3 is 5.73 Å². The van der Waals surface area contributed by atoms with E-state index >= 15 is 0 Å². The highest BCUT2D eigenvalue weighted by Crippen LogP contribution is 2.14. The van der Waals surface area contributed by atoms with Gasteiger partial charge in [0, 0.05) is 0 Å². The fraction of sp³-hybridized carbons (Fsp3) is 0.400. The SMILES string of the molecule is CCSc1nc(N)nc(Cl)n1. The highest BCUT2D eigenvalue weighted by atomic mass is 35.5. The highest BCUT2D eigenvalue weighted by molar-refractivity contribution is 7.99. The largest absolute Gasteiger partial charge is 0.368 e. The zero-order chi connectivity index (χ0) is 8.27. The van der Waals surface area contributed by atoms with E-state index in [1.165, 1.54) is 11.8 Å². The van der Waals surface area contributed by atoms with E-state index in [2.05, 4.69) is 15.0 Å². The summed E-state index contributed by atoms with van der Waals surface area (Å²) in [6, 6.07) is 0. The Labute approximate surface area is 73.6 Å². The number of hydrogen-bond acceptors (Lipinski definition) is 5. The second-order valence-corrected chi connectivity index (χ2v) is 3.25. The van der Waals surface area contributed by atoms with Gasteiger partial charge in [0.1, 0.15) is 0 Å². The van der Waals surface area contributed by atoms with Crippen molar-refractivity contribution in [2.75, 3.05) is 11.5 Å². The van der Waals surface area contributed by atoms with Gasteiger partial charge in [0.15, 0.2) is 5.16 Å². The van der Waals surface area contributed by atoms with Crippen molar-refractivity contribution in [1.82, 2.24) is 15.0 Å². The van der Waals surface area contributed by atoms with Gasteiger partial charge in [-0.05, 0) is 17.4 Å². The molecular weight excluding hydrogens is 184 g/mol. The van der Waals surface area contributed by atoms with Crippen LogP contribution in [0.2, 0.25) is 5.28 Å². The number of aromatic nitrogens is 3. The van der Waals surface area contributed by atoms with E-state index < -0.39 is 0 Å². The van der Waals surface area contributed by atoms with Gasteiger partial charge in [-0.1, -0.05) is 18.7 Å². The van der Waals surface area contributed by atoms with E-state index in [-0.39, 0.29) is 11.2 Å². The number of nitrogen functional groups attached to an aromatic ring is 1. The van der Waals surface area contributed by atoms with Gasteiger partial charge >= 0.3 is 0 Å². The number of hydrogen-bond donors (Lipinski definition) is 1. The van der Waals surface area contributed by atoms with Crippen LogP contribution in [-0.2, 0) is 0 Å². The number of halogens is 1. The van der Waals surface area contributed by atoms with Gasteiger partial charge in [-0.25, -0.2) is 0 Å². The van der Waals surface area contributed by atoms with Crippen molar-refractivity contribution < 1.29 is 0 Å². The quantitative estimate of drug-likeness (QED) is 0.711. The third kappa shape index (κ3) is 2.51. The lowest BCUT2D eigenvalue weighted by molar-refractivity contribution is 0.917. The fourth-order valence-electron chi connectivity index (χ4n) is 0.540. The first-order valence-corrected chi connectivity index (χ1v) is 4.38. The maximum absolute atomic E-state index is 5.53. The smallest absolute Gasteiger partial charge is 0.228 e. The molecule has 0 amide bonds. The van der Waals surface area contributed by atoms with Crippen LogP contribution in [0, 0.1) is 0 Å². The van der Waals surface area contributed by atoms with Gasteiger partial charge in [-0.3, -0.25) is 0 Å². The number of nitrogens with two attached hydrogens (primary N) is 1. The summed E-state index contributed by atoms with van der Waals surface area (Å²) >= 11 is 7.01. The van der Waals surface area contributed by atoms with Crippen molar-refractivity contribution in [3.8, 4) is 0 Å². The number of thioether (sulfide) groups is 1. The Hall–Kier alpha value is -0.550. The molecule has 1 rings (SSSR count). The minimum absolute atomic E-state index is 0.147. The molecule has 1 aromatic heterocycles. The molecule has 60 valence electrons. The first kappa shape index (κ1) is 8.55. The molecule has 2 N–H and O–H groups in total. The molecule has 0 aliphatic heterocycles. The van der Waals surface area contributed by atoms with E-state index in [0.717, 1.165) is 5.75 Å². The maximum atomic E-state index is 5.53. The third-order valence-electron chi connectivity index (χ3n) is 0.878. The second kappa shape index (κ2) is 3.73. The lowest BCUT2D eigenvalue weighted by Gasteiger charge is -1.97. The minimum Gasteiger partial charge on any atom is -0.368 e. The molecule has 4 nitrogen and oxygen atoms in total. The molecule has 0 saturated carbocycles. The predicted molar refractivity (Wildman–Crippen MR) is 45.6 cm³/mol. The van der Waals surface area contributed by atoms with Crippen molar-refractivity contribution in [2.24, 2.45) is 0 Å². The predicted octanol–water partition coefficient (Wildman–Crippen LogP) is 1.22. The summed E-state index contributed by atoms with van der Waals surface area (Å²) in [4.78, 5) is 11.3. The van der Waals surface area contributed by atoms with Gasteiger partial charge in [0.25, 0.3) is 0 Å². The third-order valence-corrected chi connectivity index (χ3v) is 1.78. The van der Waals surface area contributed by atoms with Crippen molar-refractivity contribution in [2.45, 2.75) is 12.1 Å². The molecule has 0 atom stereocenters. The summed E-state index contributed by atoms with van der Waals surface area (Å²) in [5, 5.41) is 0.721. The number of rotatable bonds is 2. The molecule has 0 bridgehead atoms. The van der Waals surface area contributed by atoms with Crippen molar-refractivity contribution in [3.05, 3.63) is 5.28 Å². The van der Waals surface area contributed by atoms with Crippen LogP contribution in [0.3, 0.4) is 0 Å². The monoisotopic (exact) mass is 190 g/mol. The molecule has 0 aromatic carbocycles. The molecule has 0 spiro atoms. The molecule has 0 unspecified atom stereocenters. The topological polar surface area (TPSA) is 64.7 Å². The summed E-state index contributed by atoms with van der Waals surface area (Å²) in [5.41, 5.74) is 5.33. The van der Waals surface area contributed by atoms with Crippen LogP contribution in [-0.4, -0.2) is 20.7 Å². The molecule has 0 saturated heterocycles. The number of nitrogens with zero attached hydrogens (tertiary/aromatic N) is 3. The van der Waals surface area contributed by atoms with E-state index in [9.17, 15) is 0 Å². The van der Waals surface area contributed by atoms with Crippen LogP contribution in [0.1, 0.15) is 6.92 Å².